The van der Waals surface area contributed by atoms with Crippen molar-refractivity contribution in [3.05, 3.63) is 45.9 Å². The van der Waals surface area contributed by atoms with Gasteiger partial charge < -0.3 is 15.5 Å². The molecule has 0 radical (unpaired) electrons. The van der Waals surface area contributed by atoms with Gasteiger partial charge in [-0.05, 0) is 25.0 Å². The Bertz CT molecular complexity index is 851. The van der Waals surface area contributed by atoms with Gasteiger partial charge in [-0.1, -0.05) is 26.0 Å². The molecule has 1 aromatic carbocycles. The zero-order valence-electron chi connectivity index (χ0n) is 16.8. The number of nitrogens with zero attached hydrogens (tertiary/aromatic N) is 4. The third-order valence-electron chi connectivity index (χ3n) is 4.85. The zero-order valence-corrected chi connectivity index (χ0v) is 17.6. The first kappa shape index (κ1) is 20.2. The minimum Gasteiger partial charge on any atom is -0.368 e. The smallest absolute Gasteiger partial charge is 0.191 e. The summed E-state index contributed by atoms with van der Waals surface area (Å²) < 4.78 is 0. The Kier molecular flexibility index (Phi) is 6.88. The number of para-hydroxylation sites is 1. The average molecular weight is 397 g/mol. The quantitative estimate of drug-likeness (QED) is 0.598. The van der Waals surface area contributed by atoms with Crippen LogP contribution in [-0.4, -0.2) is 37.1 Å². The molecule has 2 aromatic rings. The van der Waals surface area contributed by atoms with Crippen LogP contribution in [0, 0.1) is 11.3 Å². The van der Waals surface area contributed by atoms with Crippen LogP contribution in [0.5, 0.6) is 0 Å². The first-order valence-electron chi connectivity index (χ1n) is 9.76. The topological polar surface area (TPSA) is 76.3 Å². The van der Waals surface area contributed by atoms with Gasteiger partial charge in [-0.2, -0.15) is 5.26 Å². The second-order valence-electron chi connectivity index (χ2n) is 7.32. The van der Waals surface area contributed by atoms with E-state index in [2.05, 4.69) is 50.8 Å². The lowest BCUT2D eigenvalue weighted by Crippen LogP contribution is -2.51. The highest BCUT2D eigenvalue weighted by atomic mass is 32.1. The molecule has 0 spiro atoms. The second-order valence-corrected chi connectivity index (χ2v) is 8.21. The predicted octanol–water partition coefficient (Wildman–Crippen LogP) is 3.47. The summed E-state index contributed by atoms with van der Waals surface area (Å²) in [6.45, 7) is 6.82. The molecule has 1 aliphatic heterocycles. The number of rotatable bonds is 5. The molecule has 0 aliphatic carbocycles. The zero-order chi connectivity index (χ0) is 19.9. The van der Waals surface area contributed by atoms with Crippen molar-refractivity contribution >= 4 is 23.0 Å². The second kappa shape index (κ2) is 9.56. The summed E-state index contributed by atoms with van der Waals surface area (Å²) in [6.07, 6.45) is 2.17. The van der Waals surface area contributed by atoms with Crippen LogP contribution in [0.2, 0.25) is 0 Å². The standard InChI is InChI=1S/C21H28N6S/c1-15(2)20-25-18(14-28-20)12-24-21(23-3)26-17-8-6-10-27(13-17)19-9-5-4-7-16(19)11-22/h4-5,7,9,14-15,17H,6,8,10,12-13H2,1-3H3,(H2,23,24,26). The number of anilines is 1. The van der Waals surface area contributed by atoms with E-state index < -0.39 is 0 Å². The molecule has 1 fully saturated rings. The summed E-state index contributed by atoms with van der Waals surface area (Å²) in [4.78, 5) is 11.3. The van der Waals surface area contributed by atoms with Crippen LogP contribution in [0.4, 0.5) is 5.69 Å². The Morgan fingerprint density at radius 2 is 2.25 bits per heavy atom. The molecule has 1 saturated heterocycles. The number of nitriles is 1. The summed E-state index contributed by atoms with van der Waals surface area (Å²) >= 11 is 1.71. The van der Waals surface area contributed by atoms with Crippen LogP contribution in [0.25, 0.3) is 0 Å². The number of aromatic nitrogens is 1. The first-order valence-corrected chi connectivity index (χ1v) is 10.6. The van der Waals surface area contributed by atoms with Crippen molar-refractivity contribution < 1.29 is 0 Å². The fourth-order valence-electron chi connectivity index (χ4n) is 3.39. The molecular formula is C21H28N6S. The number of thiazole rings is 1. The van der Waals surface area contributed by atoms with Gasteiger partial charge in [-0.25, -0.2) is 4.98 Å². The van der Waals surface area contributed by atoms with E-state index in [0.717, 1.165) is 48.8 Å². The van der Waals surface area contributed by atoms with Crippen molar-refractivity contribution in [1.29, 1.82) is 5.26 Å². The number of benzene rings is 1. The summed E-state index contributed by atoms with van der Waals surface area (Å²) in [7, 11) is 1.79. The van der Waals surface area contributed by atoms with Gasteiger partial charge in [-0.3, -0.25) is 4.99 Å². The van der Waals surface area contributed by atoms with Crippen LogP contribution in [-0.2, 0) is 6.54 Å². The Balaban J connectivity index is 1.57. The molecule has 0 bridgehead atoms. The molecule has 1 aromatic heterocycles. The van der Waals surface area contributed by atoms with Crippen LogP contribution in [0.3, 0.4) is 0 Å². The van der Waals surface area contributed by atoms with E-state index >= 15 is 0 Å². The molecule has 1 aliphatic rings. The average Bonchev–Trinajstić information content (AvgIpc) is 3.20. The van der Waals surface area contributed by atoms with E-state index in [0.29, 0.717) is 12.5 Å². The monoisotopic (exact) mass is 396 g/mol. The summed E-state index contributed by atoms with van der Waals surface area (Å²) in [6, 6.07) is 10.4. The van der Waals surface area contributed by atoms with Crippen LogP contribution in [0.1, 0.15) is 48.9 Å². The third kappa shape index (κ3) is 5.02. The van der Waals surface area contributed by atoms with E-state index in [9.17, 15) is 5.26 Å². The van der Waals surface area contributed by atoms with Crippen molar-refractivity contribution in [2.24, 2.45) is 4.99 Å². The molecule has 2 heterocycles. The molecule has 28 heavy (non-hydrogen) atoms. The van der Waals surface area contributed by atoms with Gasteiger partial charge in [0, 0.05) is 37.5 Å². The molecular weight excluding hydrogens is 368 g/mol. The maximum absolute atomic E-state index is 9.39. The largest absolute Gasteiger partial charge is 0.368 e. The number of hydrogen-bond donors (Lipinski definition) is 2. The molecule has 3 rings (SSSR count). The molecule has 2 N–H and O–H groups in total. The van der Waals surface area contributed by atoms with E-state index in [-0.39, 0.29) is 6.04 Å². The number of hydrogen-bond acceptors (Lipinski definition) is 5. The highest BCUT2D eigenvalue weighted by molar-refractivity contribution is 7.09. The molecule has 0 saturated carbocycles. The molecule has 7 heteroatoms. The molecule has 148 valence electrons. The minimum atomic E-state index is 0.286. The lowest BCUT2D eigenvalue weighted by molar-refractivity contribution is 0.467. The Hall–Kier alpha value is -2.59. The Labute approximate surface area is 171 Å². The SMILES string of the molecule is CN=C(NCc1csc(C(C)C)n1)NC1CCCN(c2ccccc2C#N)C1. The van der Waals surface area contributed by atoms with Crippen molar-refractivity contribution in [2.45, 2.75) is 45.2 Å². The highest BCUT2D eigenvalue weighted by Gasteiger charge is 2.22. The number of aliphatic imine (C=N–C) groups is 1. The lowest BCUT2D eigenvalue weighted by Gasteiger charge is -2.35. The molecule has 0 amide bonds. The van der Waals surface area contributed by atoms with Gasteiger partial charge in [0.05, 0.1) is 28.5 Å². The van der Waals surface area contributed by atoms with Crippen molar-refractivity contribution in [3.63, 3.8) is 0 Å². The maximum Gasteiger partial charge on any atom is 0.191 e. The lowest BCUT2D eigenvalue weighted by atomic mass is 10.0. The van der Waals surface area contributed by atoms with Gasteiger partial charge in [-0.15, -0.1) is 11.3 Å². The van der Waals surface area contributed by atoms with Crippen molar-refractivity contribution in [1.82, 2.24) is 15.6 Å². The fourth-order valence-corrected chi connectivity index (χ4v) is 4.22. The van der Waals surface area contributed by atoms with Crippen molar-refractivity contribution in [3.8, 4) is 6.07 Å². The minimum absolute atomic E-state index is 0.286. The van der Waals surface area contributed by atoms with Crippen LogP contribution in [0.15, 0.2) is 34.6 Å². The number of guanidine groups is 1. The maximum atomic E-state index is 9.39. The van der Waals surface area contributed by atoms with E-state index in [4.69, 9.17) is 0 Å². The number of nitrogens with one attached hydrogen (secondary N) is 2. The van der Waals surface area contributed by atoms with Crippen LogP contribution < -0.4 is 15.5 Å². The van der Waals surface area contributed by atoms with Gasteiger partial charge in [0.15, 0.2) is 5.96 Å². The normalized spacial score (nSPS) is 17.5. The van der Waals surface area contributed by atoms with E-state index in [1.165, 1.54) is 5.01 Å². The van der Waals surface area contributed by atoms with Gasteiger partial charge in [0.1, 0.15) is 6.07 Å². The van der Waals surface area contributed by atoms with E-state index in [1.54, 1.807) is 18.4 Å². The van der Waals surface area contributed by atoms with Gasteiger partial charge in [0.25, 0.3) is 0 Å². The fraction of sp³-hybridized carbons (Fsp3) is 0.476. The van der Waals surface area contributed by atoms with Gasteiger partial charge >= 0.3 is 0 Å². The molecule has 1 atom stereocenters. The summed E-state index contributed by atoms with van der Waals surface area (Å²) in [5.74, 6) is 1.25. The predicted molar refractivity (Wildman–Crippen MR) is 116 cm³/mol. The number of piperidine rings is 1. The summed E-state index contributed by atoms with van der Waals surface area (Å²) in [5, 5.41) is 19.6. The summed E-state index contributed by atoms with van der Waals surface area (Å²) in [5.41, 5.74) is 2.79. The molecule has 1 unspecified atom stereocenters. The third-order valence-corrected chi connectivity index (χ3v) is 6.05. The highest BCUT2D eigenvalue weighted by Crippen LogP contribution is 2.23. The van der Waals surface area contributed by atoms with E-state index in [1.807, 2.05) is 24.3 Å². The molecule has 6 nitrogen and oxygen atoms in total. The van der Waals surface area contributed by atoms with Crippen LogP contribution >= 0.6 is 11.3 Å². The van der Waals surface area contributed by atoms with Crippen molar-refractivity contribution in [2.75, 3.05) is 25.0 Å². The first-order chi connectivity index (χ1) is 13.6. The van der Waals surface area contributed by atoms with Gasteiger partial charge in [0.2, 0.25) is 0 Å². The Morgan fingerprint density at radius 3 is 2.96 bits per heavy atom. The Morgan fingerprint density at radius 1 is 1.43 bits per heavy atom.